The molecule has 0 aliphatic carbocycles. The zero-order valence-electron chi connectivity index (χ0n) is 13.1. The van der Waals surface area contributed by atoms with E-state index in [2.05, 4.69) is 31.0 Å². The maximum atomic E-state index is 12.1. The van der Waals surface area contributed by atoms with Crippen LogP contribution >= 0.6 is 11.6 Å². The van der Waals surface area contributed by atoms with Crippen LogP contribution in [-0.4, -0.2) is 28.0 Å². The van der Waals surface area contributed by atoms with E-state index in [0.717, 1.165) is 12.2 Å². The summed E-state index contributed by atoms with van der Waals surface area (Å²) in [6, 6.07) is 4.65. The van der Waals surface area contributed by atoms with Crippen LogP contribution in [0.25, 0.3) is 0 Å². The minimum Gasteiger partial charge on any atom is -0.508 e. The van der Waals surface area contributed by atoms with Gasteiger partial charge in [-0.05, 0) is 56.7 Å². The molecule has 1 amide bonds. The van der Waals surface area contributed by atoms with Gasteiger partial charge in [0.25, 0.3) is 0 Å². The summed E-state index contributed by atoms with van der Waals surface area (Å²) in [5.74, 6) is -0.0744. The van der Waals surface area contributed by atoms with Crippen molar-refractivity contribution in [3.8, 4) is 5.75 Å². The van der Waals surface area contributed by atoms with E-state index in [-0.39, 0.29) is 23.6 Å². The number of rotatable bonds is 3. The summed E-state index contributed by atoms with van der Waals surface area (Å²) in [6.07, 6.45) is 6.03. The molecule has 4 nitrogen and oxygen atoms in total. The molecule has 2 N–H and O–H groups in total. The molecule has 0 unspecified atom stereocenters. The van der Waals surface area contributed by atoms with Gasteiger partial charge >= 0.3 is 0 Å². The van der Waals surface area contributed by atoms with Crippen LogP contribution < -0.4 is 5.32 Å². The number of hydrogen-bond acceptors (Lipinski definition) is 3. The Morgan fingerprint density at radius 1 is 1.36 bits per heavy atom. The van der Waals surface area contributed by atoms with Gasteiger partial charge in [0.1, 0.15) is 5.75 Å². The van der Waals surface area contributed by atoms with E-state index >= 15 is 0 Å². The summed E-state index contributed by atoms with van der Waals surface area (Å²) in [6.45, 7) is 7.18. The summed E-state index contributed by atoms with van der Waals surface area (Å²) in [7, 11) is 0. The molecule has 0 saturated carbocycles. The fourth-order valence-electron chi connectivity index (χ4n) is 2.21. The van der Waals surface area contributed by atoms with Gasteiger partial charge in [0, 0.05) is 29.0 Å². The van der Waals surface area contributed by atoms with Gasteiger partial charge in [0.15, 0.2) is 0 Å². The van der Waals surface area contributed by atoms with Crippen molar-refractivity contribution in [1.29, 1.82) is 0 Å². The Labute approximate surface area is 136 Å². The predicted octanol–water partition coefficient (Wildman–Crippen LogP) is 3.22. The minimum absolute atomic E-state index is 0.0564. The summed E-state index contributed by atoms with van der Waals surface area (Å²) in [5.41, 5.74) is 1.52. The van der Waals surface area contributed by atoms with E-state index < -0.39 is 0 Å². The first-order valence-corrected chi connectivity index (χ1v) is 7.55. The quantitative estimate of drug-likeness (QED) is 0.899. The maximum Gasteiger partial charge on any atom is 0.228 e. The van der Waals surface area contributed by atoms with Crippen molar-refractivity contribution in [2.24, 2.45) is 0 Å². The highest BCUT2D eigenvalue weighted by Crippen LogP contribution is 2.20. The molecule has 0 fully saturated rings. The Morgan fingerprint density at radius 2 is 2.09 bits per heavy atom. The third kappa shape index (κ3) is 4.53. The van der Waals surface area contributed by atoms with Crippen LogP contribution in [0.5, 0.6) is 5.75 Å². The Hall–Kier alpha value is -1.94. The highest BCUT2D eigenvalue weighted by Gasteiger charge is 2.19. The van der Waals surface area contributed by atoms with E-state index in [1.807, 2.05) is 18.4 Å². The maximum absolute atomic E-state index is 12.1. The Morgan fingerprint density at radius 3 is 2.64 bits per heavy atom. The number of carbonyl (C=O) groups excluding carboxylic acids is 1. The number of nitrogens with zero attached hydrogens (tertiary/aromatic N) is 1. The lowest BCUT2D eigenvalue weighted by atomic mass is 10.1. The molecule has 1 aliphatic heterocycles. The molecule has 1 heterocycles. The Kier molecular flexibility index (Phi) is 4.81. The molecule has 0 spiro atoms. The molecule has 0 bridgehead atoms. The van der Waals surface area contributed by atoms with Crippen molar-refractivity contribution in [2.45, 2.75) is 32.7 Å². The fraction of sp³-hybridized carbons (Fsp3) is 0.353. The number of benzene rings is 1. The van der Waals surface area contributed by atoms with Crippen molar-refractivity contribution in [1.82, 2.24) is 10.2 Å². The molecule has 0 saturated heterocycles. The average molecular weight is 321 g/mol. The fourth-order valence-corrected chi connectivity index (χ4v) is 2.46. The third-order valence-electron chi connectivity index (χ3n) is 3.39. The number of phenols is 1. The molecule has 0 atom stereocenters. The van der Waals surface area contributed by atoms with Crippen molar-refractivity contribution in [2.75, 3.05) is 6.54 Å². The molecular formula is C17H21ClN2O2. The largest absolute Gasteiger partial charge is 0.508 e. The number of carbonyl (C=O) groups is 1. The number of halogens is 1. The van der Waals surface area contributed by atoms with Gasteiger partial charge in [-0.2, -0.15) is 0 Å². The molecule has 1 aliphatic rings. The van der Waals surface area contributed by atoms with Crippen molar-refractivity contribution >= 4 is 17.5 Å². The topological polar surface area (TPSA) is 52.6 Å². The second-order valence-corrected chi connectivity index (χ2v) is 6.78. The number of phenolic OH excluding ortho intramolecular Hbond substituents is 1. The zero-order valence-corrected chi connectivity index (χ0v) is 13.8. The second kappa shape index (κ2) is 6.44. The molecule has 22 heavy (non-hydrogen) atoms. The number of aromatic hydroxyl groups is 1. The highest BCUT2D eigenvalue weighted by atomic mass is 35.5. The smallest absolute Gasteiger partial charge is 0.228 e. The molecule has 5 heteroatoms. The number of amides is 1. The highest BCUT2D eigenvalue weighted by molar-refractivity contribution is 6.30. The van der Waals surface area contributed by atoms with Crippen molar-refractivity contribution in [3.63, 3.8) is 0 Å². The van der Waals surface area contributed by atoms with E-state index in [4.69, 9.17) is 11.6 Å². The zero-order chi connectivity index (χ0) is 16.3. The lowest BCUT2D eigenvalue weighted by Gasteiger charge is -2.35. The normalized spacial score (nSPS) is 14.7. The van der Waals surface area contributed by atoms with Gasteiger partial charge in [-0.15, -0.1) is 0 Å². The molecule has 0 radical (unpaired) electrons. The lowest BCUT2D eigenvalue weighted by Crippen LogP contribution is -2.39. The summed E-state index contributed by atoms with van der Waals surface area (Å²) in [4.78, 5) is 14.2. The number of hydrogen-bond donors (Lipinski definition) is 2. The van der Waals surface area contributed by atoms with Crippen LogP contribution in [0.4, 0.5) is 0 Å². The number of nitrogens with one attached hydrogen (secondary N) is 1. The van der Waals surface area contributed by atoms with E-state index in [1.165, 1.54) is 12.1 Å². The number of allylic oxidation sites excluding steroid dienone is 1. The monoisotopic (exact) mass is 320 g/mol. The van der Waals surface area contributed by atoms with Gasteiger partial charge < -0.3 is 15.3 Å². The molecule has 2 rings (SSSR count). The van der Waals surface area contributed by atoms with Crippen LogP contribution in [0.2, 0.25) is 5.02 Å². The van der Waals surface area contributed by atoms with Crippen LogP contribution in [0.3, 0.4) is 0 Å². The van der Waals surface area contributed by atoms with E-state index in [1.54, 1.807) is 6.07 Å². The predicted molar refractivity (Wildman–Crippen MR) is 88.6 cm³/mol. The Balaban J connectivity index is 1.94. The minimum atomic E-state index is -0.137. The molecule has 118 valence electrons. The lowest BCUT2D eigenvalue weighted by molar-refractivity contribution is -0.119. The first-order chi connectivity index (χ1) is 10.2. The molecule has 0 aromatic heterocycles. The van der Waals surface area contributed by atoms with Crippen LogP contribution in [0.15, 0.2) is 42.2 Å². The first kappa shape index (κ1) is 16.4. The standard InChI is InChI=1S/C17H21ClN2O2/c1-17(2,3)20-6-4-14(5-7-20)19-16(22)10-12-8-13(18)11-15(21)9-12/h4-6,8-9,11,21H,7,10H2,1-3H3,(H,19,22). The van der Waals surface area contributed by atoms with Crippen LogP contribution in [0.1, 0.15) is 26.3 Å². The second-order valence-electron chi connectivity index (χ2n) is 6.34. The first-order valence-electron chi connectivity index (χ1n) is 7.17. The Bertz CT molecular complexity index is 610. The van der Waals surface area contributed by atoms with Gasteiger partial charge in [-0.25, -0.2) is 0 Å². The third-order valence-corrected chi connectivity index (χ3v) is 3.61. The van der Waals surface area contributed by atoms with Crippen molar-refractivity contribution in [3.05, 3.63) is 52.8 Å². The van der Waals surface area contributed by atoms with E-state index in [0.29, 0.717) is 10.6 Å². The summed E-state index contributed by atoms with van der Waals surface area (Å²) < 4.78 is 0. The van der Waals surface area contributed by atoms with Crippen LogP contribution in [0, 0.1) is 0 Å². The van der Waals surface area contributed by atoms with Gasteiger partial charge in [0.05, 0.1) is 6.42 Å². The van der Waals surface area contributed by atoms with Crippen LogP contribution in [-0.2, 0) is 11.2 Å². The summed E-state index contributed by atoms with van der Waals surface area (Å²) in [5, 5.41) is 12.8. The van der Waals surface area contributed by atoms with E-state index in [9.17, 15) is 9.90 Å². The molecular weight excluding hydrogens is 300 g/mol. The van der Waals surface area contributed by atoms with Crippen molar-refractivity contribution < 1.29 is 9.90 Å². The molecule has 1 aromatic carbocycles. The SMILES string of the molecule is CC(C)(C)N1C=CC(NC(=O)Cc2cc(O)cc(Cl)c2)=CC1. The average Bonchev–Trinajstić information content (AvgIpc) is 2.36. The van der Waals surface area contributed by atoms with Gasteiger partial charge in [0.2, 0.25) is 5.91 Å². The summed E-state index contributed by atoms with van der Waals surface area (Å²) >= 11 is 5.86. The van der Waals surface area contributed by atoms with Gasteiger partial charge in [-0.1, -0.05) is 11.6 Å². The molecule has 1 aromatic rings. The van der Waals surface area contributed by atoms with Gasteiger partial charge in [-0.3, -0.25) is 4.79 Å².